The van der Waals surface area contributed by atoms with Gasteiger partial charge in [-0.25, -0.2) is 15.0 Å². The van der Waals surface area contributed by atoms with Crippen LogP contribution in [0, 0.1) is 0 Å². The van der Waals surface area contributed by atoms with Crippen molar-refractivity contribution in [1.82, 2.24) is 15.0 Å². The van der Waals surface area contributed by atoms with Gasteiger partial charge in [0.2, 0.25) is 0 Å². The van der Waals surface area contributed by atoms with Gasteiger partial charge in [-0.2, -0.15) is 0 Å². The van der Waals surface area contributed by atoms with Crippen LogP contribution < -0.4 is 0 Å². The number of hydrogen-bond acceptors (Lipinski definition) is 3. The molecular weight excluding hydrogens is 534 g/mol. The number of benzene rings is 7. The molecule has 3 nitrogen and oxygen atoms in total. The fourth-order valence-corrected chi connectivity index (χ4v) is 6.38. The molecule has 0 radical (unpaired) electrons. The first-order valence-electron chi connectivity index (χ1n) is 14.9. The number of fused-ring (bicyclic) bond motifs is 7. The van der Waals surface area contributed by atoms with E-state index in [4.69, 9.17) is 15.0 Å². The van der Waals surface area contributed by atoms with Gasteiger partial charge in [-0.3, -0.25) is 0 Å². The van der Waals surface area contributed by atoms with Gasteiger partial charge in [0.25, 0.3) is 0 Å². The summed E-state index contributed by atoms with van der Waals surface area (Å²) < 4.78 is 0. The molecule has 3 heteroatoms. The Balaban J connectivity index is 1.16. The van der Waals surface area contributed by atoms with E-state index in [0.717, 1.165) is 66.5 Å². The molecule has 0 saturated heterocycles. The van der Waals surface area contributed by atoms with Crippen molar-refractivity contribution in [2.24, 2.45) is 0 Å². The van der Waals surface area contributed by atoms with Crippen LogP contribution in [0.5, 0.6) is 0 Å². The molecule has 0 aliphatic rings. The van der Waals surface area contributed by atoms with Gasteiger partial charge < -0.3 is 0 Å². The van der Waals surface area contributed by atoms with Crippen LogP contribution in [0.4, 0.5) is 0 Å². The number of pyridine rings is 1. The van der Waals surface area contributed by atoms with Crippen molar-refractivity contribution in [3.8, 4) is 33.8 Å². The summed E-state index contributed by atoms with van der Waals surface area (Å²) in [5.41, 5.74) is 8.26. The predicted molar refractivity (Wildman–Crippen MR) is 184 cm³/mol. The maximum atomic E-state index is 5.12. The average molecular weight is 560 g/mol. The second-order valence-electron chi connectivity index (χ2n) is 11.3. The molecule has 0 saturated carbocycles. The summed E-state index contributed by atoms with van der Waals surface area (Å²) in [4.78, 5) is 15.3. The lowest BCUT2D eigenvalue weighted by molar-refractivity contribution is 1.23. The SMILES string of the molecule is c1ccc(-c2nc(-c3ccc(-c4ccc5cc6c(ccc7ccccc76)nc5c4)cc3)c3ccc4ccccc4c3n2)cc1. The molecule has 9 aromatic rings. The van der Waals surface area contributed by atoms with Crippen LogP contribution in [0.25, 0.3) is 88.0 Å². The van der Waals surface area contributed by atoms with Crippen molar-refractivity contribution in [1.29, 1.82) is 0 Å². The molecule has 2 aromatic heterocycles. The molecule has 0 aliphatic carbocycles. The summed E-state index contributed by atoms with van der Waals surface area (Å²) in [5.74, 6) is 0.731. The smallest absolute Gasteiger partial charge is 0.160 e. The quantitative estimate of drug-likeness (QED) is 0.160. The zero-order valence-electron chi connectivity index (χ0n) is 23.8. The van der Waals surface area contributed by atoms with Crippen LogP contribution in [0.2, 0.25) is 0 Å². The minimum atomic E-state index is 0.731. The first-order chi connectivity index (χ1) is 21.8. The molecule has 204 valence electrons. The van der Waals surface area contributed by atoms with E-state index in [1.165, 1.54) is 21.5 Å². The van der Waals surface area contributed by atoms with Gasteiger partial charge in [-0.15, -0.1) is 0 Å². The highest BCUT2D eigenvalue weighted by Crippen LogP contribution is 2.35. The standard InChI is InChI=1S/C41H25N3/c1-2-10-30(11-3-1)41-43-39(35-22-20-28-9-5-7-13-34(28)40(35)44-41)29-16-14-26(15-17-29)31-18-19-32-24-36-33-12-6-4-8-27(33)21-23-37(36)42-38(32)25-31/h1-25H. The lowest BCUT2D eigenvalue weighted by Crippen LogP contribution is -1.96. The van der Waals surface area contributed by atoms with Crippen LogP contribution in [0.15, 0.2) is 152 Å². The Hall–Kier alpha value is -5.93. The van der Waals surface area contributed by atoms with Gasteiger partial charge in [0.05, 0.1) is 22.2 Å². The maximum Gasteiger partial charge on any atom is 0.160 e. The number of hydrogen-bond donors (Lipinski definition) is 0. The molecule has 0 spiro atoms. The van der Waals surface area contributed by atoms with E-state index in [-0.39, 0.29) is 0 Å². The highest BCUT2D eigenvalue weighted by Gasteiger charge is 2.14. The van der Waals surface area contributed by atoms with E-state index in [9.17, 15) is 0 Å². The third kappa shape index (κ3) is 4.02. The zero-order valence-corrected chi connectivity index (χ0v) is 23.8. The Morgan fingerprint density at radius 3 is 1.82 bits per heavy atom. The van der Waals surface area contributed by atoms with Crippen molar-refractivity contribution >= 4 is 54.3 Å². The van der Waals surface area contributed by atoms with Crippen molar-refractivity contribution in [2.45, 2.75) is 0 Å². The van der Waals surface area contributed by atoms with Gasteiger partial charge in [0.1, 0.15) is 0 Å². The van der Waals surface area contributed by atoms with E-state index < -0.39 is 0 Å². The molecule has 0 N–H and O–H groups in total. The number of nitrogens with zero attached hydrogens (tertiary/aromatic N) is 3. The molecule has 2 heterocycles. The van der Waals surface area contributed by atoms with Crippen molar-refractivity contribution in [3.63, 3.8) is 0 Å². The number of rotatable bonds is 3. The molecule has 0 bridgehead atoms. The Kier molecular flexibility index (Phi) is 5.50. The molecule has 44 heavy (non-hydrogen) atoms. The summed E-state index contributed by atoms with van der Waals surface area (Å²) in [7, 11) is 0. The predicted octanol–water partition coefficient (Wildman–Crippen LogP) is 10.6. The van der Waals surface area contributed by atoms with Gasteiger partial charge in [0.15, 0.2) is 5.82 Å². The lowest BCUT2D eigenvalue weighted by Gasteiger charge is -2.12. The summed E-state index contributed by atoms with van der Waals surface area (Å²) >= 11 is 0. The Morgan fingerprint density at radius 1 is 0.318 bits per heavy atom. The fraction of sp³-hybridized carbons (Fsp3) is 0. The third-order valence-corrected chi connectivity index (χ3v) is 8.63. The molecule has 0 fully saturated rings. The Labute approximate surface area is 254 Å². The lowest BCUT2D eigenvalue weighted by atomic mass is 9.98. The molecule has 0 atom stereocenters. The van der Waals surface area contributed by atoms with Gasteiger partial charge in [0, 0.05) is 32.7 Å². The molecule has 9 rings (SSSR count). The van der Waals surface area contributed by atoms with Crippen molar-refractivity contribution in [3.05, 3.63) is 152 Å². The summed E-state index contributed by atoms with van der Waals surface area (Å²) in [5, 5.41) is 8.15. The van der Waals surface area contributed by atoms with Crippen LogP contribution in [0.3, 0.4) is 0 Å². The average Bonchev–Trinajstić information content (AvgIpc) is 3.10. The van der Waals surface area contributed by atoms with E-state index in [1.807, 2.05) is 18.2 Å². The van der Waals surface area contributed by atoms with Crippen molar-refractivity contribution < 1.29 is 0 Å². The second kappa shape index (κ2) is 9.82. The zero-order chi connectivity index (χ0) is 29.0. The monoisotopic (exact) mass is 559 g/mol. The van der Waals surface area contributed by atoms with Gasteiger partial charge in [-0.1, -0.05) is 127 Å². The maximum absolute atomic E-state index is 5.12. The van der Waals surface area contributed by atoms with E-state index in [0.29, 0.717) is 0 Å². The molecular formula is C41H25N3. The molecule has 0 amide bonds. The highest BCUT2D eigenvalue weighted by molar-refractivity contribution is 6.11. The minimum absolute atomic E-state index is 0.731. The molecule has 0 aliphatic heterocycles. The van der Waals surface area contributed by atoms with E-state index >= 15 is 0 Å². The third-order valence-electron chi connectivity index (χ3n) is 8.63. The fourth-order valence-electron chi connectivity index (χ4n) is 6.38. The van der Waals surface area contributed by atoms with Gasteiger partial charge >= 0.3 is 0 Å². The normalized spacial score (nSPS) is 11.6. The number of aromatic nitrogens is 3. The first kappa shape index (κ1) is 24.6. The molecule has 7 aromatic carbocycles. The minimum Gasteiger partial charge on any atom is -0.248 e. The summed E-state index contributed by atoms with van der Waals surface area (Å²) in [6.07, 6.45) is 0. The van der Waals surface area contributed by atoms with E-state index in [2.05, 4.69) is 133 Å². The molecule has 0 unspecified atom stereocenters. The van der Waals surface area contributed by atoms with Crippen LogP contribution in [-0.4, -0.2) is 15.0 Å². The summed E-state index contributed by atoms with van der Waals surface area (Å²) in [6.45, 7) is 0. The largest absolute Gasteiger partial charge is 0.248 e. The highest BCUT2D eigenvalue weighted by atomic mass is 14.9. The van der Waals surface area contributed by atoms with E-state index in [1.54, 1.807) is 0 Å². The topological polar surface area (TPSA) is 38.7 Å². The Bertz CT molecular complexity index is 2540. The van der Waals surface area contributed by atoms with Crippen LogP contribution >= 0.6 is 0 Å². The van der Waals surface area contributed by atoms with Gasteiger partial charge in [-0.05, 0) is 51.6 Å². The van der Waals surface area contributed by atoms with Crippen LogP contribution in [0.1, 0.15) is 0 Å². The summed E-state index contributed by atoms with van der Waals surface area (Å²) in [6, 6.07) is 53.3. The van der Waals surface area contributed by atoms with Crippen molar-refractivity contribution in [2.75, 3.05) is 0 Å². The Morgan fingerprint density at radius 2 is 0.977 bits per heavy atom. The first-order valence-corrected chi connectivity index (χ1v) is 14.9. The van der Waals surface area contributed by atoms with Crippen LogP contribution in [-0.2, 0) is 0 Å². The second-order valence-corrected chi connectivity index (χ2v) is 11.3.